The number of halogens is 1. The van der Waals surface area contributed by atoms with E-state index in [2.05, 4.69) is 4.99 Å². The molecule has 0 fully saturated rings. The van der Waals surface area contributed by atoms with E-state index >= 15 is 0 Å². The zero-order chi connectivity index (χ0) is 18.4. The minimum Gasteiger partial charge on any atom is -0.383 e. The Morgan fingerprint density at radius 3 is 2.85 bits per heavy atom. The SMILES string of the molecule is COCCn1c(=NC(=O)CCSc2ccccc2)sc2cc(Cl)ccc21. The molecule has 2 aromatic carbocycles. The highest BCUT2D eigenvalue weighted by atomic mass is 35.5. The summed E-state index contributed by atoms with van der Waals surface area (Å²) in [5, 5.41) is 0.676. The van der Waals surface area contributed by atoms with E-state index in [1.165, 1.54) is 11.3 Å². The van der Waals surface area contributed by atoms with Crippen LogP contribution < -0.4 is 4.80 Å². The van der Waals surface area contributed by atoms with Crippen molar-refractivity contribution in [1.82, 2.24) is 4.57 Å². The maximum atomic E-state index is 12.3. The first-order chi connectivity index (χ1) is 12.7. The summed E-state index contributed by atoms with van der Waals surface area (Å²) < 4.78 is 8.22. The van der Waals surface area contributed by atoms with Gasteiger partial charge in [-0.1, -0.05) is 41.1 Å². The van der Waals surface area contributed by atoms with Crippen LogP contribution in [0.4, 0.5) is 0 Å². The number of amides is 1. The van der Waals surface area contributed by atoms with Gasteiger partial charge in [0.15, 0.2) is 4.80 Å². The molecule has 0 bridgehead atoms. The lowest BCUT2D eigenvalue weighted by molar-refractivity contribution is -0.117. The van der Waals surface area contributed by atoms with Crippen molar-refractivity contribution in [1.29, 1.82) is 0 Å². The Labute approximate surface area is 165 Å². The van der Waals surface area contributed by atoms with Gasteiger partial charge in [-0.3, -0.25) is 4.79 Å². The summed E-state index contributed by atoms with van der Waals surface area (Å²) >= 11 is 9.23. The van der Waals surface area contributed by atoms with E-state index in [9.17, 15) is 4.79 Å². The second kappa shape index (κ2) is 9.37. The fourth-order valence-electron chi connectivity index (χ4n) is 2.47. The van der Waals surface area contributed by atoms with Gasteiger partial charge < -0.3 is 9.30 Å². The van der Waals surface area contributed by atoms with Gasteiger partial charge in [0.2, 0.25) is 5.91 Å². The summed E-state index contributed by atoms with van der Waals surface area (Å²) in [6, 6.07) is 15.8. The van der Waals surface area contributed by atoms with Crippen LogP contribution in [0.5, 0.6) is 0 Å². The van der Waals surface area contributed by atoms with E-state index in [1.807, 2.05) is 53.1 Å². The minimum absolute atomic E-state index is 0.114. The lowest BCUT2D eigenvalue weighted by Gasteiger charge is -2.04. The second-order valence-corrected chi connectivity index (χ2v) is 8.17. The fraction of sp³-hybridized carbons (Fsp3) is 0.263. The molecule has 0 aliphatic heterocycles. The van der Waals surface area contributed by atoms with E-state index in [0.717, 1.165) is 15.1 Å². The van der Waals surface area contributed by atoms with Crippen LogP contribution in [0.3, 0.4) is 0 Å². The third kappa shape index (κ3) is 4.98. The molecule has 1 aromatic heterocycles. The van der Waals surface area contributed by atoms with Crippen molar-refractivity contribution in [2.75, 3.05) is 19.5 Å². The van der Waals surface area contributed by atoms with E-state index in [1.54, 1.807) is 18.9 Å². The first-order valence-corrected chi connectivity index (χ1v) is 10.4. The Balaban J connectivity index is 1.77. The Morgan fingerprint density at radius 1 is 1.27 bits per heavy atom. The lowest BCUT2D eigenvalue weighted by atomic mass is 10.3. The molecule has 3 aromatic rings. The number of benzene rings is 2. The van der Waals surface area contributed by atoms with Crippen molar-refractivity contribution < 1.29 is 9.53 Å². The standard InChI is InChI=1S/C19H19ClN2O2S2/c1-24-11-10-22-16-8-7-14(20)13-17(16)26-19(22)21-18(23)9-12-25-15-5-3-2-4-6-15/h2-8,13H,9-12H2,1H3. The summed E-state index contributed by atoms with van der Waals surface area (Å²) in [5.74, 6) is 0.596. The van der Waals surface area contributed by atoms with Gasteiger partial charge >= 0.3 is 0 Å². The molecule has 1 amide bonds. The summed E-state index contributed by atoms with van der Waals surface area (Å²) in [6.07, 6.45) is 0.402. The number of carbonyl (C=O) groups is 1. The van der Waals surface area contributed by atoms with E-state index in [4.69, 9.17) is 16.3 Å². The molecule has 3 rings (SSSR count). The highest BCUT2D eigenvalue weighted by Gasteiger charge is 2.09. The summed E-state index contributed by atoms with van der Waals surface area (Å²) in [6.45, 7) is 1.20. The van der Waals surface area contributed by atoms with Crippen molar-refractivity contribution in [2.24, 2.45) is 4.99 Å². The molecule has 0 N–H and O–H groups in total. The number of methoxy groups -OCH3 is 1. The third-order valence-corrected chi connectivity index (χ3v) is 6.00. The Bertz CT molecular complexity index is 951. The Kier molecular flexibility index (Phi) is 6.91. The molecule has 0 atom stereocenters. The lowest BCUT2D eigenvalue weighted by Crippen LogP contribution is -2.19. The van der Waals surface area contributed by atoms with Crippen molar-refractivity contribution in [3.8, 4) is 0 Å². The number of thioether (sulfide) groups is 1. The van der Waals surface area contributed by atoms with E-state index in [-0.39, 0.29) is 5.91 Å². The van der Waals surface area contributed by atoms with Gasteiger partial charge in [-0.15, -0.1) is 11.8 Å². The maximum absolute atomic E-state index is 12.3. The molecule has 136 valence electrons. The molecule has 4 nitrogen and oxygen atoms in total. The molecular formula is C19H19ClN2O2S2. The topological polar surface area (TPSA) is 43.6 Å². The van der Waals surface area contributed by atoms with Crippen LogP contribution in [0.2, 0.25) is 5.02 Å². The monoisotopic (exact) mass is 406 g/mol. The first-order valence-electron chi connectivity index (χ1n) is 8.20. The highest BCUT2D eigenvalue weighted by Crippen LogP contribution is 2.22. The predicted octanol–water partition coefficient (Wildman–Crippen LogP) is 4.61. The summed E-state index contributed by atoms with van der Waals surface area (Å²) in [4.78, 5) is 18.5. The quantitative estimate of drug-likeness (QED) is 0.538. The van der Waals surface area contributed by atoms with Crippen LogP contribution in [-0.4, -0.2) is 29.9 Å². The summed E-state index contributed by atoms with van der Waals surface area (Å²) in [5.41, 5.74) is 1.02. The minimum atomic E-state index is -0.114. The Hall–Kier alpha value is -1.60. The van der Waals surface area contributed by atoms with Crippen molar-refractivity contribution in [3.63, 3.8) is 0 Å². The predicted molar refractivity (Wildman–Crippen MR) is 109 cm³/mol. The van der Waals surface area contributed by atoms with Crippen LogP contribution in [0, 0.1) is 0 Å². The largest absolute Gasteiger partial charge is 0.383 e. The number of fused-ring (bicyclic) bond motifs is 1. The average Bonchev–Trinajstić information content (AvgIpc) is 2.96. The second-order valence-electron chi connectivity index (χ2n) is 5.56. The first kappa shape index (κ1) is 19.2. The number of ether oxygens (including phenoxy) is 1. The van der Waals surface area contributed by atoms with Gasteiger partial charge in [-0.2, -0.15) is 4.99 Å². The summed E-state index contributed by atoms with van der Waals surface area (Å²) in [7, 11) is 1.66. The van der Waals surface area contributed by atoms with E-state index in [0.29, 0.717) is 35.1 Å². The molecule has 0 radical (unpaired) electrons. The molecule has 0 aliphatic rings. The molecule has 7 heteroatoms. The number of hydrogen-bond acceptors (Lipinski definition) is 4. The number of thiazole rings is 1. The van der Waals surface area contributed by atoms with Gasteiger partial charge in [0, 0.05) is 35.7 Å². The van der Waals surface area contributed by atoms with Crippen LogP contribution >= 0.6 is 34.7 Å². The van der Waals surface area contributed by atoms with Gasteiger partial charge in [0.25, 0.3) is 0 Å². The molecule has 0 aliphatic carbocycles. The number of rotatable bonds is 7. The Morgan fingerprint density at radius 2 is 2.08 bits per heavy atom. The van der Waals surface area contributed by atoms with Gasteiger partial charge in [0.1, 0.15) is 0 Å². The van der Waals surface area contributed by atoms with Crippen LogP contribution in [-0.2, 0) is 16.1 Å². The smallest absolute Gasteiger partial charge is 0.249 e. The molecule has 0 unspecified atom stereocenters. The molecule has 0 spiro atoms. The zero-order valence-electron chi connectivity index (χ0n) is 14.4. The number of hydrogen-bond donors (Lipinski definition) is 0. The molecule has 0 saturated carbocycles. The maximum Gasteiger partial charge on any atom is 0.249 e. The number of carbonyl (C=O) groups excluding carboxylic acids is 1. The van der Waals surface area contributed by atoms with Crippen molar-refractivity contribution >= 4 is 50.8 Å². The van der Waals surface area contributed by atoms with Gasteiger partial charge in [0.05, 0.1) is 16.8 Å². The van der Waals surface area contributed by atoms with Crippen LogP contribution in [0.15, 0.2) is 58.4 Å². The number of nitrogens with zero attached hydrogens (tertiary/aromatic N) is 2. The molecular weight excluding hydrogens is 388 g/mol. The molecule has 1 heterocycles. The highest BCUT2D eigenvalue weighted by molar-refractivity contribution is 7.99. The zero-order valence-corrected chi connectivity index (χ0v) is 16.7. The van der Waals surface area contributed by atoms with Crippen molar-refractivity contribution in [2.45, 2.75) is 17.9 Å². The van der Waals surface area contributed by atoms with E-state index < -0.39 is 0 Å². The van der Waals surface area contributed by atoms with Crippen LogP contribution in [0.25, 0.3) is 10.2 Å². The number of aromatic nitrogens is 1. The van der Waals surface area contributed by atoms with Crippen molar-refractivity contribution in [3.05, 3.63) is 58.4 Å². The normalized spacial score (nSPS) is 12.0. The third-order valence-electron chi connectivity index (χ3n) is 3.71. The van der Waals surface area contributed by atoms with Gasteiger partial charge in [-0.25, -0.2) is 0 Å². The fourth-order valence-corrected chi connectivity index (χ4v) is 4.68. The van der Waals surface area contributed by atoms with Gasteiger partial charge in [-0.05, 0) is 30.3 Å². The molecule has 0 saturated heterocycles. The average molecular weight is 407 g/mol. The molecule has 26 heavy (non-hydrogen) atoms. The van der Waals surface area contributed by atoms with Crippen LogP contribution in [0.1, 0.15) is 6.42 Å².